The molecule has 7 nitrogen and oxygen atoms in total. The molecule has 8 heteroatoms. The summed E-state index contributed by atoms with van der Waals surface area (Å²) in [7, 11) is 0. The molecule has 1 saturated heterocycles. The number of halogens is 1. The van der Waals surface area contributed by atoms with Gasteiger partial charge in [-0.2, -0.15) is 0 Å². The van der Waals surface area contributed by atoms with E-state index in [-0.39, 0.29) is 29.8 Å². The van der Waals surface area contributed by atoms with Crippen LogP contribution in [0.3, 0.4) is 0 Å². The highest BCUT2D eigenvalue weighted by Crippen LogP contribution is 2.18. The van der Waals surface area contributed by atoms with E-state index in [0.717, 1.165) is 23.7 Å². The van der Waals surface area contributed by atoms with Gasteiger partial charge in [-0.25, -0.2) is 4.98 Å². The van der Waals surface area contributed by atoms with Gasteiger partial charge in [0.15, 0.2) is 0 Å². The van der Waals surface area contributed by atoms with Crippen LogP contribution in [0.25, 0.3) is 10.9 Å². The number of rotatable bonds is 5. The van der Waals surface area contributed by atoms with Crippen LogP contribution < -0.4 is 10.9 Å². The molecule has 2 aromatic rings. The molecule has 0 saturated carbocycles. The SMILES string of the molecule is CCCNC(=O)C1CCCN(C(=O)Cn2cnc3ccc(Br)cc3c2=O)C1. The highest BCUT2D eigenvalue weighted by molar-refractivity contribution is 9.10. The maximum absolute atomic E-state index is 12.7. The van der Waals surface area contributed by atoms with Crippen LogP contribution in [-0.4, -0.2) is 45.9 Å². The minimum absolute atomic E-state index is 0.00346. The molecule has 27 heavy (non-hydrogen) atoms. The Balaban J connectivity index is 1.71. The second-order valence-corrected chi connectivity index (χ2v) is 7.72. The number of fused-ring (bicyclic) bond motifs is 1. The van der Waals surface area contributed by atoms with Crippen LogP contribution in [0.1, 0.15) is 26.2 Å². The molecule has 2 amide bonds. The fourth-order valence-electron chi connectivity index (χ4n) is 3.30. The zero-order valence-electron chi connectivity index (χ0n) is 15.3. The Hall–Kier alpha value is -2.22. The van der Waals surface area contributed by atoms with Crippen molar-refractivity contribution in [3.05, 3.63) is 39.4 Å². The van der Waals surface area contributed by atoms with E-state index in [2.05, 4.69) is 26.2 Å². The number of hydrogen-bond acceptors (Lipinski definition) is 4. The lowest BCUT2D eigenvalue weighted by Gasteiger charge is -2.32. The lowest BCUT2D eigenvalue weighted by atomic mass is 9.97. The summed E-state index contributed by atoms with van der Waals surface area (Å²) in [5.74, 6) is -0.346. The van der Waals surface area contributed by atoms with Crippen LogP contribution in [0.5, 0.6) is 0 Å². The van der Waals surface area contributed by atoms with Gasteiger partial charge in [0.05, 0.1) is 23.1 Å². The maximum atomic E-state index is 12.7. The fourth-order valence-corrected chi connectivity index (χ4v) is 3.66. The summed E-state index contributed by atoms with van der Waals surface area (Å²) in [6.45, 7) is 3.59. The summed E-state index contributed by atoms with van der Waals surface area (Å²) < 4.78 is 2.12. The first-order valence-corrected chi connectivity index (χ1v) is 9.99. The average molecular weight is 435 g/mol. The first kappa shape index (κ1) is 19.5. The molecular formula is C19H23BrN4O3. The topological polar surface area (TPSA) is 84.3 Å². The third-order valence-corrected chi connectivity index (χ3v) is 5.28. The predicted octanol–water partition coefficient (Wildman–Crippen LogP) is 1.92. The van der Waals surface area contributed by atoms with E-state index in [9.17, 15) is 14.4 Å². The Morgan fingerprint density at radius 3 is 2.96 bits per heavy atom. The van der Waals surface area contributed by atoms with Gasteiger partial charge in [-0.1, -0.05) is 22.9 Å². The third-order valence-electron chi connectivity index (χ3n) is 4.79. The van der Waals surface area contributed by atoms with Crippen molar-refractivity contribution in [3.63, 3.8) is 0 Å². The molecule has 1 fully saturated rings. The fraction of sp³-hybridized carbons (Fsp3) is 0.474. The number of carbonyl (C=O) groups is 2. The highest BCUT2D eigenvalue weighted by Gasteiger charge is 2.28. The number of benzene rings is 1. The standard InChI is InChI=1S/C19H23BrN4O3/c1-2-7-21-18(26)13-4-3-8-23(10-13)17(25)11-24-12-22-16-6-5-14(20)9-15(16)19(24)27/h5-6,9,12-13H,2-4,7-8,10-11H2,1H3,(H,21,26). The van der Waals surface area contributed by atoms with Crippen LogP contribution in [0.4, 0.5) is 0 Å². The van der Waals surface area contributed by atoms with Crippen LogP contribution in [-0.2, 0) is 16.1 Å². The molecule has 144 valence electrons. The summed E-state index contributed by atoms with van der Waals surface area (Å²) in [5, 5.41) is 3.37. The molecule has 3 rings (SSSR count). The molecule has 1 N–H and O–H groups in total. The van der Waals surface area contributed by atoms with Gasteiger partial charge in [0.1, 0.15) is 6.54 Å². The normalized spacial score (nSPS) is 17.1. The van der Waals surface area contributed by atoms with Crippen molar-refractivity contribution in [2.75, 3.05) is 19.6 Å². The summed E-state index contributed by atoms with van der Waals surface area (Å²) in [6.07, 6.45) is 3.86. The van der Waals surface area contributed by atoms with Gasteiger partial charge in [-0.3, -0.25) is 19.0 Å². The third kappa shape index (κ3) is 4.55. The van der Waals surface area contributed by atoms with E-state index < -0.39 is 0 Å². The first-order valence-electron chi connectivity index (χ1n) is 9.19. The monoisotopic (exact) mass is 434 g/mol. The number of piperidine rings is 1. The van der Waals surface area contributed by atoms with Crippen molar-refractivity contribution in [2.24, 2.45) is 5.92 Å². The van der Waals surface area contributed by atoms with Crippen molar-refractivity contribution in [2.45, 2.75) is 32.7 Å². The Labute approximate surface area is 165 Å². The van der Waals surface area contributed by atoms with E-state index in [4.69, 9.17) is 0 Å². The van der Waals surface area contributed by atoms with Crippen molar-refractivity contribution in [3.8, 4) is 0 Å². The Morgan fingerprint density at radius 2 is 2.19 bits per heavy atom. The maximum Gasteiger partial charge on any atom is 0.261 e. The Morgan fingerprint density at radius 1 is 1.37 bits per heavy atom. The van der Waals surface area contributed by atoms with Crippen molar-refractivity contribution >= 4 is 38.6 Å². The van der Waals surface area contributed by atoms with Gasteiger partial charge < -0.3 is 10.2 Å². The zero-order chi connectivity index (χ0) is 19.4. The molecule has 1 unspecified atom stereocenters. The van der Waals surface area contributed by atoms with E-state index in [1.807, 2.05) is 13.0 Å². The van der Waals surface area contributed by atoms with E-state index >= 15 is 0 Å². The Bertz CT molecular complexity index is 911. The van der Waals surface area contributed by atoms with Gasteiger partial charge in [0.25, 0.3) is 5.56 Å². The van der Waals surface area contributed by atoms with E-state index in [1.54, 1.807) is 17.0 Å². The number of hydrogen-bond donors (Lipinski definition) is 1. The molecule has 1 aromatic heterocycles. The average Bonchev–Trinajstić information content (AvgIpc) is 2.68. The van der Waals surface area contributed by atoms with Crippen LogP contribution >= 0.6 is 15.9 Å². The van der Waals surface area contributed by atoms with E-state index in [1.165, 1.54) is 10.9 Å². The van der Waals surface area contributed by atoms with E-state index in [0.29, 0.717) is 30.5 Å². The van der Waals surface area contributed by atoms with Gasteiger partial charge in [-0.15, -0.1) is 0 Å². The van der Waals surface area contributed by atoms with Crippen molar-refractivity contribution in [1.82, 2.24) is 19.8 Å². The van der Waals surface area contributed by atoms with Gasteiger partial charge in [0.2, 0.25) is 11.8 Å². The quantitative estimate of drug-likeness (QED) is 0.778. The number of carbonyl (C=O) groups excluding carboxylic acids is 2. The smallest absolute Gasteiger partial charge is 0.261 e. The minimum Gasteiger partial charge on any atom is -0.356 e. The predicted molar refractivity (Wildman–Crippen MR) is 106 cm³/mol. The van der Waals surface area contributed by atoms with Gasteiger partial charge in [-0.05, 0) is 37.5 Å². The number of nitrogens with one attached hydrogen (secondary N) is 1. The molecule has 1 atom stereocenters. The lowest BCUT2D eigenvalue weighted by Crippen LogP contribution is -2.47. The lowest BCUT2D eigenvalue weighted by molar-refractivity contribution is -0.136. The molecule has 1 aliphatic heterocycles. The summed E-state index contributed by atoms with van der Waals surface area (Å²) in [5.41, 5.74) is 0.349. The van der Waals surface area contributed by atoms with Crippen LogP contribution in [0.15, 0.2) is 33.8 Å². The van der Waals surface area contributed by atoms with Gasteiger partial charge >= 0.3 is 0 Å². The second-order valence-electron chi connectivity index (χ2n) is 6.81. The van der Waals surface area contributed by atoms with Crippen molar-refractivity contribution < 1.29 is 9.59 Å². The molecule has 2 heterocycles. The number of aromatic nitrogens is 2. The minimum atomic E-state index is -0.246. The second kappa shape index (κ2) is 8.65. The highest BCUT2D eigenvalue weighted by atomic mass is 79.9. The van der Waals surface area contributed by atoms with Crippen molar-refractivity contribution in [1.29, 1.82) is 0 Å². The molecule has 0 aliphatic carbocycles. The zero-order valence-corrected chi connectivity index (χ0v) is 16.9. The molecular weight excluding hydrogens is 412 g/mol. The van der Waals surface area contributed by atoms with Crippen LogP contribution in [0, 0.1) is 5.92 Å². The molecule has 0 radical (unpaired) electrons. The molecule has 1 aromatic carbocycles. The summed E-state index contributed by atoms with van der Waals surface area (Å²) in [6, 6.07) is 5.29. The summed E-state index contributed by atoms with van der Waals surface area (Å²) >= 11 is 3.35. The summed E-state index contributed by atoms with van der Waals surface area (Å²) in [4.78, 5) is 43.5. The number of amides is 2. The molecule has 0 bridgehead atoms. The Kier molecular flexibility index (Phi) is 6.26. The molecule has 1 aliphatic rings. The number of nitrogens with zero attached hydrogens (tertiary/aromatic N) is 3. The van der Waals surface area contributed by atoms with Crippen LogP contribution in [0.2, 0.25) is 0 Å². The number of likely N-dealkylation sites (tertiary alicyclic amines) is 1. The van der Waals surface area contributed by atoms with Gasteiger partial charge in [0, 0.05) is 24.1 Å². The first-order chi connectivity index (χ1) is 13.0. The largest absolute Gasteiger partial charge is 0.356 e. The molecule has 0 spiro atoms.